The van der Waals surface area contributed by atoms with Crippen LogP contribution in [0, 0.1) is 6.92 Å². The molecule has 15 heavy (non-hydrogen) atoms. The van der Waals surface area contributed by atoms with Gasteiger partial charge in [-0.3, -0.25) is 0 Å². The van der Waals surface area contributed by atoms with Crippen LogP contribution in [0.15, 0.2) is 18.2 Å². The summed E-state index contributed by atoms with van der Waals surface area (Å²) in [7, 11) is 1.64. The number of nitrogen functional groups attached to an aromatic ring is 1. The number of ether oxygens (including phenoxy) is 1. The SMILES string of the molecule is COc1ccc(C)cc1-c1nc(N)ns1. The molecule has 1 aromatic heterocycles. The number of hydrogen-bond donors (Lipinski definition) is 1. The van der Waals surface area contributed by atoms with Crippen LogP contribution >= 0.6 is 11.5 Å². The van der Waals surface area contributed by atoms with E-state index in [1.807, 2.05) is 25.1 Å². The highest BCUT2D eigenvalue weighted by Gasteiger charge is 2.10. The molecule has 78 valence electrons. The third-order valence-corrected chi connectivity index (χ3v) is 2.79. The van der Waals surface area contributed by atoms with Crippen molar-refractivity contribution >= 4 is 17.5 Å². The highest BCUT2D eigenvalue weighted by atomic mass is 32.1. The second-order valence-corrected chi connectivity index (χ2v) is 3.91. The van der Waals surface area contributed by atoms with Gasteiger partial charge >= 0.3 is 0 Å². The summed E-state index contributed by atoms with van der Waals surface area (Å²) >= 11 is 1.27. The van der Waals surface area contributed by atoms with Crippen molar-refractivity contribution in [1.29, 1.82) is 0 Å². The molecule has 0 unspecified atom stereocenters. The van der Waals surface area contributed by atoms with Crippen LogP contribution in [0.1, 0.15) is 5.56 Å². The van der Waals surface area contributed by atoms with Crippen LogP contribution in [0.5, 0.6) is 5.75 Å². The Morgan fingerprint density at radius 1 is 1.40 bits per heavy atom. The molecule has 0 atom stereocenters. The lowest BCUT2D eigenvalue weighted by atomic mass is 10.1. The number of nitrogens with two attached hydrogens (primary N) is 1. The summed E-state index contributed by atoms with van der Waals surface area (Å²) in [4.78, 5) is 4.14. The van der Waals surface area contributed by atoms with E-state index >= 15 is 0 Å². The van der Waals surface area contributed by atoms with Gasteiger partial charge in [0.2, 0.25) is 5.95 Å². The van der Waals surface area contributed by atoms with Crippen LogP contribution in [-0.4, -0.2) is 16.5 Å². The first kappa shape index (κ1) is 9.92. The molecule has 2 rings (SSSR count). The molecule has 0 radical (unpaired) electrons. The van der Waals surface area contributed by atoms with Crippen molar-refractivity contribution in [3.05, 3.63) is 23.8 Å². The molecule has 0 spiro atoms. The first-order valence-electron chi connectivity index (χ1n) is 4.45. The molecule has 0 fully saturated rings. The van der Waals surface area contributed by atoms with Crippen LogP contribution < -0.4 is 10.5 Å². The molecule has 4 nitrogen and oxygen atoms in total. The second kappa shape index (κ2) is 3.86. The molecule has 5 heteroatoms. The van der Waals surface area contributed by atoms with Crippen molar-refractivity contribution in [3.63, 3.8) is 0 Å². The predicted octanol–water partition coefficient (Wildman–Crippen LogP) is 2.10. The van der Waals surface area contributed by atoms with Crippen molar-refractivity contribution in [3.8, 4) is 16.3 Å². The van der Waals surface area contributed by atoms with Crippen molar-refractivity contribution in [2.24, 2.45) is 0 Å². The monoisotopic (exact) mass is 221 g/mol. The summed E-state index contributed by atoms with van der Waals surface area (Å²) in [5.41, 5.74) is 7.58. The Labute approximate surface area is 91.9 Å². The van der Waals surface area contributed by atoms with E-state index in [0.29, 0.717) is 5.95 Å². The Morgan fingerprint density at radius 2 is 2.20 bits per heavy atom. The fourth-order valence-electron chi connectivity index (χ4n) is 1.33. The average Bonchev–Trinajstić information content (AvgIpc) is 2.65. The summed E-state index contributed by atoms with van der Waals surface area (Å²) in [5, 5.41) is 0.785. The standard InChI is InChI=1S/C10H11N3OS/c1-6-3-4-8(14-2)7(5-6)9-12-10(11)13-15-9/h3-5H,1-2H3,(H2,11,13). The van der Waals surface area contributed by atoms with Crippen LogP contribution in [0.4, 0.5) is 5.95 Å². The molecule has 1 aromatic carbocycles. The predicted molar refractivity (Wildman–Crippen MR) is 61.0 cm³/mol. The number of rotatable bonds is 2. The van der Waals surface area contributed by atoms with Crippen LogP contribution in [0.25, 0.3) is 10.6 Å². The topological polar surface area (TPSA) is 61.0 Å². The first-order valence-corrected chi connectivity index (χ1v) is 5.22. The van der Waals surface area contributed by atoms with Crippen LogP contribution in [0.2, 0.25) is 0 Å². The highest BCUT2D eigenvalue weighted by Crippen LogP contribution is 2.32. The van der Waals surface area contributed by atoms with Crippen LogP contribution in [0.3, 0.4) is 0 Å². The number of benzene rings is 1. The van der Waals surface area contributed by atoms with Gasteiger partial charge in [-0.05, 0) is 30.6 Å². The van der Waals surface area contributed by atoms with E-state index in [0.717, 1.165) is 21.9 Å². The van der Waals surface area contributed by atoms with Gasteiger partial charge in [0, 0.05) is 0 Å². The van der Waals surface area contributed by atoms with Crippen molar-refractivity contribution in [2.75, 3.05) is 12.8 Å². The fraction of sp³-hybridized carbons (Fsp3) is 0.200. The molecule has 0 bridgehead atoms. The largest absolute Gasteiger partial charge is 0.496 e. The van der Waals surface area contributed by atoms with Gasteiger partial charge in [-0.1, -0.05) is 11.6 Å². The van der Waals surface area contributed by atoms with Gasteiger partial charge in [0.25, 0.3) is 0 Å². The summed E-state index contributed by atoms with van der Waals surface area (Å²) in [6.45, 7) is 2.02. The quantitative estimate of drug-likeness (QED) is 0.843. The lowest BCUT2D eigenvalue weighted by Gasteiger charge is -2.05. The van der Waals surface area contributed by atoms with E-state index in [9.17, 15) is 0 Å². The zero-order valence-electron chi connectivity index (χ0n) is 8.52. The lowest BCUT2D eigenvalue weighted by Crippen LogP contribution is -1.89. The zero-order valence-corrected chi connectivity index (χ0v) is 9.34. The maximum absolute atomic E-state index is 5.49. The van der Waals surface area contributed by atoms with Gasteiger partial charge in [-0.25, -0.2) is 0 Å². The van der Waals surface area contributed by atoms with Gasteiger partial charge in [-0.2, -0.15) is 9.36 Å². The second-order valence-electron chi connectivity index (χ2n) is 3.16. The van der Waals surface area contributed by atoms with E-state index in [-0.39, 0.29) is 0 Å². The Kier molecular flexibility index (Phi) is 2.55. The molecular weight excluding hydrogens is 210 g/mol. The van der Waals surface area contributed by atoms with E-state index < -0.39 is 0 Å². The smallest absolute Gasteiger partial charge is 0.232 e. The summed E-state index contributed by atoms with van der Waals surface area (Å²) in [5.74, 6) is 1.09. The van der Waals surface area contributed by atoms with Gasteiger partial charge in [0.15, 0.2) is 0 Å². The van der Waals surface area contributed by atoms with Crippen LogP contribution in [-0.2, 0) is 0 Å². The molecule has 0 amide bonds. The minimum absolute atomic E-state index is 0.304. The Hall–Kier alpha value is -1.62. The maximum Gasteiger partial charge on any atom is 0.232 e. The number of aryl methyl sites for hydroxylation is 1. The highest BCUT2D eigenvalue weighted by molar-refractivity contribution is 7.09. The van der Waals surface area contributed by atoms with Crippen molar-refractivity contribution in [2.45, 2.75) is 6.92 Å². The Balaban J connectivity index is 2.55. The average molecular weight is 221 g/mol. The maximum atomic E-state index is 5.49. The van der Waals surface area contributed by atoms with E-state index in [1.165, 1.54) is 11.5 Å². The van der Waals surface area contributed by atoms with Gasteiger partial charge in [-0.15, -0.1) is 0 Å². The Morgan fingerprint density at radius 3 is 2.80 bits per heavy atom. The van der Waals surface area contributed by atoms with Gasteiger partial charge in [0.05, 0.1) is 12.7 Å². The molecular formula is C10H11N3OS. The van der Waals surface area contributed by atoms with Crippen molar-refractivity contribution in [1.82, 2.24) is 9.36 Å². The molecule has 0 aliphatic rings. The number of methoxy groups -OCH3 is 1. The first-order chi connectivity index (χ1) is 7.20. The Bertz CT molecular complexity index is 481. The van der Waals surface area contributed by atoms with E-state index in [1.54, 1.807) is 7.11 Å². The molecule has 2 aromatic rings. The minimum atomic E-state index is 0.304. The third kappa shape index (κ3) is 1.92. The van der Waals surface area contributed by atoms with Crippen molar-refractivity contribution < 1.29 is 4.74 Å². The minimum Gasteiger partial charge on any atom is -0.496 e. The molecule has 0 aliphatic heterocycles. The van der Waals surface area contributed by atoms with E-state index in [2.05, 4.69) is 9.36 Å². The molecule has 0 saturated carbocycles. The zero-order chi connectivity index (χ0) is 10.8. The third-order valence-electron chi connectivity index (χ3n) is 2.03. The summed E-state index contributed by atoms with van der Waals surface area (Å²) < 4.78 is 9.21. The molecule has 1 heterocycles. The molecule has 0 saturated heterocycles. The van der Waals surface area contributed by atoms with Gasteiger partial charge in [0.1, 0.15) is 10.8 Å². The fourth-order valence-corrected chi connectivity index (χ4v) is 1.95. The van der Waals surface area contributed by atoms with E-state index in [4.69, 9.17) is 10.5 Å². The summed E-state index contributed by atoms with van der Waals surface area (Å²) in [6, 6.07) is 5.92. The number of hydrogen-bond acceptors (Lipinski definition) is 5. The summed E-state index contributed by atoms with van der Waals surface area (Å²) in [6.07, 6.45) is 0. The number of anilines is 1. The van der Waals surface area contributed by atoms with Gasteiger partial charge < -0.3 is 10.5 Å². The normalized spacial score (nSPS) is 10.3. The molecule has 0 aliphatic carbocycles. The number of nitrogens with zero attached hydrogens (tertiary/aromatic N) is 2. The lowest BCUT2D eigenvalue weighted by molar-refractivity contribution is 0.416. The molecule has 2 N–H and O–H groups in total. The number of aromatic nitrogens is 2.